The van der Waals surface area contributed by atoms with Crippen molar-refractivity contribution >= 4 is 23.3 Å². The van der Waals surface area contributed by atoms with Crippen molar-refractivity contribution in [3.63, 3.8) is 0 Å². The lowest BCUT2D eigenvalue weighted by molar-refractivity contribution is -0.148. The number of allylic oxidation sites excluding steroid dienone is 1. The number of hydrogen-bond donors (Lipinski definition) is 5. The van der Waals surface area contributed by atoms with E-state index in [2.05, 4.69) is 5.32 Å². The number of likely N-dealkylation sites (N-methyl/N-ethyl adjacent to an activating group) is 1. The smallest absolute Gasteiger partial charge is 0.251 e. The number of rotatable bonds is 7. The number of phenols is 1. The van der Waals surface area contributed by atoms with Crippen molar-refractivity contribution in [3.05, 3.63) is 75.8 Å². The molecule has 0 saturated heterocycles. The fourth-order valence-corrected chi connectivity index (χ4v) is 6.93. The van der Waals surface area contributed by atoms with Gasteiger partial charge in [-0.05, 0) is 81.1 Å². The largest absolute Gasteiger partial charge is 0.510 e. The number of aliphatic hydroxyl groups excluding tert-OH is 2. The van der Waals surface area contributed by atoms with Gasteiger partial charge < -0.3 is 25.7 Å². The summed E-state index contributed by atoms with van der Waals surface area (Å²) in [6.45, 7) is 3.66. The van der Waals surface area contributed by atoms with Crippen LogP contribution >= 0.6 is 0 Å². The molecule has 0 fully saturated rings. The van der Waals surface area contributed by atoms with E-state index in [1.807, 2.05) is 6.92 Å². The number of phenolic OH excluding ortho intramolecular Hbond substituents is 1. The lowest BCUT2D eigenvalue weighted by atomic mass is 9.58. The first-order chi connectivity index (χ1) is 20.3. The number of nitrogens with one attached hydrogen (secondary N) is 1. The number of benzene rings is 2. The highest BCUT2D eigenvalue weighted by molar-refractivity contribution is 6.25. The number of carbonyl (C=O) groups is 4. The number of carbonyl (C=O) groups excluding carboxylic acids is 4. The second-order valence-electron chi connectivity index (χ2n) is 11.8. The Hall–Kier alpha value is -4.28. The molecule has 2 aromatic rings. The van der Waals surface area contributed by atoms with Crippen LogP contribution in [0.15, 0.2) is 59.1 Å². The zero-order valence-electron chi connectivity index (χ0n) is 24.6. The molecular weight excluding hydrogens is 552 g/mol. The summed E-state index contributed by atoms with van der Waals surface area (Å²) in [5.74, 6) is -6.30. The van der Waals surface area contributed by atoms with Crippen molar-refractivity contribution in [3.8, 4) is 16.9 Å². The molecule has 0 aromatic heterocycles. The van der Waals surface area contributed by atoms with Gasteiger partial charge >= 0.3 is 0 Å². The number of aromatic hydroxyl groups is 1. The summed E-state index contributed by atoms with van der Waals surface area (Å²) in [6.07, 6.45) is 1.99. The normalized spacial score (nSPS) is 24.9. The maximum absolute atomic E-state index is 14.0. The maximum atomic E-state index is 14.0. The first kappa shape index (κ1) is 30.2. The lowest BCUT2D eigenvalue weighted by Crippen LogP contribution is -2.63. The Bertz CT molecular complexity index is 1620. The molecule has 1 amide bonds. The predicted molar refractivity (Wildman–Crippen MR) is 158 cm³/mol. The molecule has 0 radical (unpaired) electrons. The van der Waals surface area contributed by atoms with Crippen LogP contribution in [0.4, 0.5) is 0 Å². The van der Waals surface area contributed by atoms with Gasteiger partial charge in [-0.3, -0.25) is 24.1 Å². The first-order valence-electron chi connectivity index (χ1n) is 14.4. The third-order valence-corrected chi connectivity index (χ3v) is 8.96. The number of amides is 1. The minimum Gasteiger partial charge on any atom is -0.510 e. The van der Waals surface area contributed by atoms with Crippen molar-refractivity contribution in [2.75, 3.05) is 20.6 Å². The van der Waals surface area contributed by atoms with Crippen LogP contribution in [-0.4, -0.2) is 80.9 Å². The number of Topliss-reactive ketones (excluding diaryl/α,β-unsaturated/α-hetero) is 3. The van der Waals surface area contributed by atoms with Crippen LogP contribution in [0.3, 0.4) is 0 Å². The molecule has 3 aliphatic carbocycles. The van der Waals surface area contributed by atoms with Crippen LogP contribution < -0.4 is 5.32 Å². The summed E-state index contributed by atoms with van der Waals surface area (Å²) in [7, 11) is 3.24. The van der Waals surface area contributed by atoms with Gasteiger partial charge in [-0.1, -0.05) is 31.5 Å². The van der Waals surface area contributed by atoms with E-state index in [0.717, 1.165) is 19.8 Å². The summed E-state index contributed by atoms with van der Waals surface area (Å²) in [6, 6.07) is 8.99. The Morgan fingerprint density at radius 1 is 1.09 bits per heavy atom. The van der Waals surface area contributed by atoms with Gasteiger partial charge in [0, 0.05) is 23.6 Å². The topological polar surface area (TPSA) is 164 Å². The van der Waals surface area contributed by atoms with E-state index in [9.17, 15) is 39.6 Å². The summed E-state index contributed by atoms with van der Waals surface area (Å²) in [4.78, 5) is 54.2. The molecular formula is C33H36N2O8. The number of ketones is 3. The van der Waals surface area contributed by atoms with E-state index in [1.165, 1.54) is 6.07 Å². The molecule has 0 unspecified atom stereocenters. The third kappa shape index (κ3) is 4.65. The minimum absolute atomic E-state index is 0.0277. The number of aliphatic hydroxyl groups is 3. The van der Waals surface area contributed by atoms with Crippen molar-refractivity contribution in [2.24, 2.45) is 11.8 Å². The summed E-state index contributed by atoms with van der Waals surface area (Å²) < 4.78 is 0. The summed E-state index contributed by atoms with van der Waals surface area (Å²) in [5.41, 5.74) is -1.27. The van der Waals surface area contributed by atoms with Crippen molar-refractivity contribution in [1.29, 1.82) is 0 Å². The molecule has 4 atom stereocenters. The fraction of sp³-hybridized carbons (Fsp3) is 0.394. The van der Waals surface area contributed by atoms with E-state index in [1.54, 1.807) is 49.3 Å². The van der Waals surface area contributed by atoms with Gasteiger partial charge in [0.15, 0.2) is 17.2 Å². The maximum Gasteiger partial charge on any atom is 0.251 e. The second kappa shape index (κ2) is 11.1. The molecule has 0 saturated carbocycles. The van der Waals surface area contributed by atoms with E-state index in [0.29, 0.717) is 28.8 Å². The van der Waals surface area contributed by atoms with Crippen molar-refractivity contribution in [1.82, 2.24) is 10.2 Å². The average Bonchev–Trinajstić information content (AvgIpc) is 2.95. The van der Waals surface area contributed by atoms with Gasteiger partial charge in [0.2, 0.25) is 5.78 Å². The summed E-state index contributed by atoms with van der Waals surface area (Å²) in [5, 5.41) is 48.1. The van der Waals surface area contributed by atoms with Crippen molar-refractivity contribution in [2.45, 2.75) is 51.2 Å². The Balaban J connectivity index is 1.63. The SMILES string of the molecule is CCCCNC(=O)c1cccc(-c2ccc(O)c3c2C[C@H]2C[C@H]4[C@H](N(C)C)C(O)=C(C(C)=O)C(=O)[C@@]4(O)C(O)=C2C3=O)c1. The van der Waals surface area contributed by atoms with Gasteiger partial charge in [0.05, 0.1) is 11.6 Å². The summed E-state index contributed by atoms with van der Waals surface area (Å²) >= 11 is 0. The van der Waals surface area contributed by atoms with Gasteiger partial charge in [-0.2, -0.15) is 0 Å². The number of hydrogen-bond acceptors (Lipinski definition) is 9. The Morgan fingerprint density at radius 2 is 1.81 bits per heavy atom. The molecule has 3 aliphatic rings. The highest BCUT2D eigenvalue weighted by Gasteiger charge is 2.63. The molecule has 43 heavy (non-hydrogen) atoms. The fourth-order valence-electron chi connectivity index (χ4n) is 6.93. The molecule has 226 valence electrons. The predicted octanol–water partition coefficient (Wildman–Crippen LogP) is 3.42. The highest BCUT2D eigenvalue weighted by Crippen LogP contribution is 2.53. The molecule has 5 N–H and O–H groups in total. The molecule has 5 rings (SSSR count). The van der Waals surface area contributed by atoms with Crippen LogP contribution in [0.2, 0.25) is 0 Å². The van der Waals surface area contributed by atoms with Gasteiger partial charge in [0.1, 0.15) is 22.8 Å². The quantitative estimate of drug-likeness (QED) is 0.241. The molecule has 10 nitrogen and oxygen atoms in total. The number of fused-ring (bicyclic) bond motifs is 3. The van der Waals surface area contributed by atoms with E-state index in [-0.39, 0.29) is 35.6 Å². The molecule has 0 bridgehead atoms. The monoisotopic (exact) mass is 588 g/mol. The van der Waals surface area contributed by atoms with Gasteiger partial charge in [-0.15, -0.1) is 0 Å². The minimum atomic E-state index is -2.62. The van der Waals surface area contributed by atoms with E-state index in [4.69, 9.17) is 0 Å². The van der Waals surface area contributed by atoms with Crippen LogP contribution in [0, 0.1) is 11.8 Å². The zero-order valence-corrected chi connectivity index (χ0v) is 24.6. The standard InChI is InChI=1S/C33H36N2O8/c1-5-6-12-34-32(42)18-9-7-8-17(13-18)20-10-11-23(37)26-21(20)14-19-15-22-27(35(3)4)29(39)24(16(2)36)30(40)33(22,43)31(41)25(19)28(26)38/h7-11,13,19,22,27,37,39,41,43H,5-6,12,14-15H2,1-4H3,(H,34,42)/t19-,22-,27-,33+/m0/s1. The lowest BCUT2D eigenvalue weighted by Gasteiger charge is -2.50. The van der Waals surface area contributed by atoms with Crippen LogP contribution in [0.5, 0.6) is 5.75 Å². The van der Waals surface area contributed by atoms with Gasteiger partial charge in [0.25, 0.3) is 5.91 Å². The number of nitrogens with zero attached hydrogens (tertiary/aromatic N) is 1. The molecule has 0 aliphatic heterocycles. The van der Waals surface area contributed by atoms with Crippen LogP contribution in [-0.2, 0) is 16.0 Å². The average molecular weight is 589 g/mol. The highest BCUT2D eigenvalue weighted by atomic mass is 16.3. The van der Waals surface area contributed by atoms with Crippen LogP contribution in [0.25, 0.3) is 11.1 Å². The first-order valence-corrected chi connectivity index (χ1v) is 14.4. The molecule has 0 spiro atoms. The van der Waals surface area contributed by atoms with Crippen LogP contribution in [0.1, 0.15) is 59.4 Å². The van der Waals surface area contributed by atoms with Crippen molar-refractivity contribution < 1.29 is 39.6 Å². The molecule has 0 heterocycles. The molecule has 10 heteroatoms. The Morgan fingerprint density at radius 3 is 2.47 bits per heavy atom. The third-order valence-electron chi connectivity index (χ3n) is 8.96. The molecule has 2 aromatic carbocycles. The van der Waals surface area contributed by atoms with E-state index >= 15 is 0 Å². The van der Waals surface area contributed by atoms with E-state index < -0.39 is 57.9 Å². The Kier molecular flexibility index (Phi) is 7.79. The number of unbranched alkanes of at least 4 members (excludes halogenated alkanes) is 1. The Labute approximate surface area is 249 Å². The van der Waals surface area contributed by atoms with Gasteiger partial charge in [-0.25, -0.2) is 0 Å². The zero-order chi connectivity index (χ0) is 31.4. The second-order valence-corrected chi connectivity index (χ2v) is 11.8.